The minimum absolute atomic E-state index is 0.00157. The fraction of sp³-hybridized carbons (Fsp3) is 1.00. The predicted octanol–water partition coefficient (Wildman–Crippen LogP) is 5.66. The van der Waals surface area contributed by atoms with Crippen molar-refractivity contribution in [3.05, 3.63) is 0 Å². The van der Waals surface area contributed by atoms with Crippen molar-refractivity contribution in [1.82, 2.24) is 0 Å². The van der Waals surface area contributed by atoms with Crippen LogP contribution in [-0.2, 0) is 9.47 Å². The zero-order chi connectivity index (χ0) is 18.3. The second-order valence-corrected chi connectivity index (χ2v) is 8.75. The van der Waals surface area contributed by atoms with Gasteiger partial charge < -0.3 is 15.2 Å². The summed E-state index contributed by atoms with van der Waals surface area (Å²) in [5, 5.41) is 0. The molecule has 24 heavy (non-hydrogen) atoms. The van der Waals surface area contributed by atoms with Gasteiger partial charge in [0.2, 0.25) is 0 Å². The highest BCUT2D eigenvalue weighted by Crippen LogP contribution is 2.56. The van der Waals surface area contributed by atoms with Crippen LogP contribution in [0, 0.1) is 10.8 Å². The number of nitrogens with two attached hydrogens (primary N) is 1. The van der Waals surface area contributed by atoms with Crippen molar-refractivity contribution in [3.8, 4) is 0 Å². The average molecular weight is 342 g/mol. The summed E-state index contributed by atoms with van der Waals surface area (Å²) in [7, 11) is 0. The largest absolute Gasteiger partial charge is 0.347 e. The summed E-state index contributed by atoms with van der Waals surface area (Å²) in [6, 6.07) is 0.00157. The zero-order valence-electron chi connectivity index (χ0n) is 17.2. The third-order valence-electron chi connectivity index (χ3n) is 6.01. The van der Waals surface area contributed by atoms with Crippen LogP contribution in [0.15, 0.2) is 0 Å². The number of ether oxygens (including phenoxy) is 2. The van der Waals surface area contributed by atoms with E-state index in [2.05, 4.69) is 41.5 Å². The maximum Gasteiger partial charge on any atom is 0.178 e. The first-order valence-electron chi connectivity index (χ1n) is 10.3. The van der Waals surface area contributed by atoms with Gasteiger partial charge >= 0.3 is 0 Å². The minimum atomic E-state index is -0.518. The fourth-order valence-corrected chi connectivity index (χ4v) is 4.47. The van der Waals surface area contributed by atoms with Crippen LogP contribution < -0.4 is 5.73 Å². The summed E-state index contributed by atoms with van der Waals surface area (Å²) in [5.41, 5.74) is 6.12. The maximum atomic E-state index is 6.55. The summed E-state index contributed by atoms with van der Waals surface area (Å²) in [6.07, 6.45) is 10.8. The van der Waals surface area contributed by atoms with Crippen molar-refractivity contribution in [2.45, 2.75) is 111 Å². The van der Waals surface area contributed by atoms with Crippen molar-refractivity contribution >= 4 is 0 Å². The van der Waals surface area contributed by atoms with E-state index in [0.29, 0.717) is 13.2 Å². The number of unbranched alkanes of at least 4 members (excludes halogenated alkanes) is 3. The topological polar surface area (TPSA) is 44.5 Å². The number of hydrogen-bond donors (Lipinski definition) is 1. The molecule has 0 amide bonds. The molecule has 0 unspecified atom stereocenters. The Morgan fingerprint density at radius 1 is 0.833 bits per heavy atom. The van der Waals surface area contributed by atoms with Crippen molar-refractivity contribution in [2.24, 2.45) is 16.6 Å². The van der Waals surface area contributed by atoms with Crippen LogP contribution in [0.2, 0.25) is 0 Å². The monoisotopic (exact) mass is 341 g/mol. The van der Waals surface area contributed by atoms with Gasteiger partial charge in [-0.05, 0) is 19.3 Å². The first-order valence-corrected chi connectivity index (χ1v) is 10.3. The molecule has 1 rings (SSSR count). The predicted molar refractivity (Wildman–Crippen MR) is 103 cm³/mol. The van der Waals surface area contributed by atoms with Gasteiger partial charge in [0.15, 0.2) is 5.79 Å². The molecule has 1 saturated heterocycles. The molecule has 0 radical (unpaired) electrons. The Labute approximate surface area is 151 Å². The second kappa shape index (κ2) is 9.54. The Bertz CT molecular complexity index is 338. The molecule has 1 fully saturated rings. The van der Waals surface area contributed by atoms with Crippen LogP contribution in [0.1, 0.15) is 99.3 Å². The molecule has 0 atom stereocenters. The van der Waals surface area contributed by atoms with Crippen molar-refractivity contribution in [3.63, 3.8) is 0 Å². The Morgan fingerprint density at radius 3 is 1.67 bits per heavy atom. The molecule has 0 aromatic rings. The van der Waals surface area contributed by atoms with E-state index >= 15 is 0 Å². The van der Waals surface area contributed by atoms with Gasteiger partial charge in [0.1, 0.15) is 0 Å². The van der Waals surface area contributed by atoms with Gasteiger partial charge in [-0.2, -0.15) is 0 Å². The molecule has 3 heteroatoms. The summed E-state index contributed by atoms with van der Waals surface area (Å²) < 4.78 is 13.1. The normalized spacial score (nSPS) is 25.9. The molecule has 0 aromatic carbocycles. The van der Waals surface area contributed by atoms with Gasteiger partial charge in [0, 0.05) is 10.8 Å². The molecule has 0 saturated carbocycles. The van der Waals surface area contributed by atoms with Crippen LogP contribution >= 0.6 is 0 Å². The Morgan fingerprint density at radius 2 is 1.25 bits per heavy atom. The fourth-order valence-electron chi connectivity index (χ4n) is 4.47. The standard InChI is InChI=1S/C21H43NO2/c1-7-10-13-19(4,5)21(23-16-18(22)17-24-21)20(6,14-11-8-2)15-12-9-3/h18H,7-17,22H2,1-6H3. The molecule has 1 aliphatic rings. The molecule has 0 spiro atoms. The van der Waals surface area contributed by atoms with Gasteiger partial charge in [0.05, 0.1) is 19.3 Å². The number of rotatable bonds is 11. The summed E-state index contributed by atoms with van der Waals surface area (Å²) in [6.45, 7) is 15.1. The molecule has 2 N–H and O–H groups in total. The lowest BCUT2D eigenvalue weighted by Crippen LogP contribution is -2.65. The lowest BCUT2D eigenvalue weighted by Gasteiger charge is -2.58. The van der Waals surface area contributed by atoms with Gasteiger partial charge in [-0.25, -0.2) is 0 Å². The number of hydrogen-bond acceptors (Lipinski definition) is 3. The first kappa shape index (κ1) is 21.9. The van der Waals surface area contributed by atoms with E-state index in [-0.39, 0.29) is 16.9 Å². The first-order chi connectivity index (χ1) is 11.3. The third kappa shape index (κ3) is 4.74. The Balaban J connectivity index is 3.20. The molecule has 0 aromatic heterocycles. The molecular weight excluding hydrogens is 298 g/mol. The minimum Gasteiger partial charge on any atom is -0.347 e. The van der Waals surface area contributed by atoms with Crippen LogP contribution in [0.25, 0.3) is 0 Å². The molecule has 1 heterocycles. The van der Waals surface area contributed by atoms with Gasteiger partial charge in [-0.1, -0.05) is 80.1 Å². The van der Waals surface area contributed by atoms with E-state index in [1.165, 1.54) is 38.5 Å². The highest BCUT2D eigenvalue weighted by atomic mass is 16.7. The van der Waals surface area contributed by atoms with Crippen LogP contribution in [0.5, 0.6) is 0 Å². The smallest absolute Gasteiger partial charge is 0.178 e. The lowest BCUT2D eigenvalue weighted by molar-refractivity contribution is -0.374. The Kier molecular flexibility index (Phi) is 8.72. The van der Waals surface area contributed by atoms with E-state index in [1.807, 2.05) is 0 Å². The van der Waals surface area contributed by atoms with Gasteiger partial charge in [-0.15, -0.1) is 0 Å². The van der Waals surface area contributed by atoms with Gasteiger partial charge in [0.25, 0.3) is 0 Å². The van der Waals surface area contributed by atoms with E-state index in [1.54, 1.807) is 0 Å². The summed E-state index contributed by atoms with van der Waals surface area (Å²) >= 11 is 0. The molecule has 144 valence electrons. The van der Waals surface area contributed by atoms with Gasteiger partial charge in [-0.3, -0.25) is 0 Å². The zero-order valence-corrected chi connectivity index (χ0v) is 17.2. The summed E-state index contributed by atoms with van der Waals surface area (Å²) in [4.78, 5) is 0. The third-order valence-corrected chi connectivity index (χ3v) is 6.01. The van der Waals surface area contributed by atoms with Crippen LogP contribution in [0.4, 0.5) is 0 Å². The highest BCUT2D eigenvalue weighted by molar-refractivity contribution is 5.02. The average Bonchev–Trinajstić information content (AvgIpc) is 2.57. The molecule has 0 aliphatic carbocycles. The van der Waals surface area contributed by atoms with Crippen molar-refractivity contribution in [2.75, 3.05) is 13.2 Å². The quantitative estimate of drug-likeness (QED) is 0.527. The Hall–Kier alpha value is -0.120. The molecular formula is C21H43NO2. The van der Waals surface area contributed by atoms with Crippen LogP contribution in [0.3, 0.4) is 0 Å². The van der Waals surface area contributed by atoms with E-state index < -0.39 is 5.79 Å². The van der Waals surface area contributed by atoms with E-state index in [0.717, 1.165) is 19.3 Å². The molecule has 3 nitrogen and oxygen atoms in total. The van der Waals surface area contributed by atoms with E-state index in [9.17, 15) is 0 Å². The SMILES string of the molecule is CCCCC(C)(C)C1(C(C)(CCCC)CCCC)OCC(N)CO1. The maximum absolute atomic E-state index is 6.55. The molecule has 0 bridgehead atoms. The second-order valence-electron chi connectivity index (χ2n) is 8.75. The van der Waals surface area contributed by atoms with Crippen LogP contribution in [-0.4, -0.2) is 25.0 Å². The summed E-state index contributed by atoms with van der Waals surface area (Å²) in [5.74, 6) is -0.518. The lowest BCUT2D eigenvalue weighted by atomic mass is 9.61. The highest BCUT2D eigenvalue weighted by Gasteiger charge is 2.59. The van der Waals surface area contributed by atoms with Crippen molar-refractivity contribution < 1.29 is 9.47 Å². The van der Waals surface area contributed by atoms with Crippen molar-refractivity contribution in [1.29, 1.82) is 0 Å². The molecule has 1 aliphatic heterocycles. The van der Waals surface area contributed by atoms with E-state index in [4.69, 9.17) is 15.2 Å².